The predicted molar refractivity (Wildman–Crippen MR) is 136 cm³/mol. The van der Waals surface area contributed by atoms with Crippen LogP contribution in [0.15, 0.2) is 71.6 Å². The second kappa shape index (κ2) is 9.91. The van der Waals surface area contributed by atoms with Crippen molar-refractivity contribution in [2.75, 3.05) is 11.6 Å². The maximum absolute atomic E-state index is 11.9. The Bertz CT molecular complexity index is 1380. The van der Waals surface area contributed by atoms with E-state index < -0.39 is 9.84 Å². The molecule has 170 valence electrons. The molecule has 0 amide bonds. The number of benzene rings is 3. The zero-order valence-corrected chi connectivity index (χ0v) is 20.6. The molecule has 0 aliphatic heterocycles. The zero-order valence-electron chi connectivity index (χ0n) is 18.2. The molecule has 33 heavy (non-hydrogen) atoms. The third-order valence-corrected chi connectivity index (χ3v) is 6.74. The molecule has 0 atom stereocenters. The maximum Gasteiger partial charge on any atom is 0.177 e. The van der Waals surface area contributed by atoms with Crippen LogP contribution >= 0.6 is 23.2 Å². The van der Waals surface area contributed by atoms with E-state index in [1.54, 1.807) is 36.4 Å². The van der Waals surface area contributed by atoms with Crippen molar-refractivity contribution in [2.24, 2.45) is 0 Å². The first-order valence-corrected chi connectivity index (χ1v) is 12.6. The number of carbonyl (C=O) groups is 1. The first-order chi connectivity index (χ1) is 15.5. The van der Waals surface area contributed by atoms with Crippen LogP contribution in [-0.2, 0) is 14.6 Å². The average molecular weight is 501 g/mol. The second-order valence-corrected chi connectivity index (χ2v) is 10.4. The van der Waals surface area contributed by atoms with E-state index in [4.69, 9.17) is 28.6 Å². The Balaban J connectivity index is 2.09. The minimum atomic E-state index is -3.33. The molecule has 0 aliphatic carbocycles. The number of rotatable bonds is 7. The average Bonchev–Trinajstić information content (AvgIpc) is 2.75. The Morgan fingerprint density at radius 2 is 1.58 bits per heavy atom. The van der Waals surface area contributed by atoms with Gasteiger partial charge in [-0.25, -0.2) is 8.42 Å². The van der Waals surface area contributed by atoms with Gasteiger partial charge in [-0.2, -0.15) is 0 Å². The number of allylic oxidation sites excluding steroid dienone is 1. The van der Waals surface area contributed by atoms with Crippen molar-refractivity contribution in [2.45, 2.75) is 18.7 Å². The summed E-state index contributed by atoms with van der Waals surface area (Å²) in [5.41, 5.74) is 3.95. The molecule has 8 heteroatoms. The van der Waals surface area contributed by atoms with Gasteiger partial charge in [-0.15, -0.1) is 0 Å². The lowest BCUT2D eigenvalue weighted by Gasteiger charge is -2.17. The van der Waals surface area contributed by atoms with Crippen molar-refractivity contribution in [3.63, 3.8) is 0 Å². The first kappa shape index (κ1) is 24.7. The van der Waals surface area contributed by atoms with Crippen LogP contribution in [0.25, 0.3) is 16.8 Å². The molecule has 3 rings (SSSR count). The van der Waals surface area contributed by atoms with Crippen LogP contribution in [0.4, 0.5) is 5.69 Å². The molecule has 0 heterocycles. The fraction of sp³-hybridized carbons (Fsp3) is 0.120. The summed E-state index contributed by atoms with van der Waals surface area (Å²) >= 11 is 12.6. The van der Waals surface area contributed by atoms with Gasteiger partial charge in [0.25, 0.3) is 0 Å². The van der Waals surface area contributed by atoms with Crippen LogP contribution in [0, 0.1) is 12.3 Å². The lowest BCUT2D eigenvalue weighted by molar-refractivity contribution is -0.111. The maximum atomic E-state index is 11.9. The molecule has 0 bridgehead atoms. The van der Waals surface area contributed by atoms with Crippen molar-refractivity contribution < 1.29 is 13.2 Å². The van der Waals surface area contributed by atoms with E-state index >= 15 is 0 Å². The Morgan fingerprint density at radius 1 is 0.970 bits per heavy atom. The highest BCUT2D eigenvalue weighted by Crippen LogP contribution is 2.34. The van der Waals surface area contributed by atoms with E-state index in [0.29, 0.717) is 21.4 Å². The van der Waals surface area contributed by atoms with E-state index in [0.717, 1.165) is 22.3 Å². The molecule has 5 nitrogen and oxygen atoms in total. The van der Waals surface area contributed by atoms with E-state index in [2.05, 4.69) is 5.32 Å². The van der Waals surface area contributed by atoms with Gasteiger partial charge in [0.2, 0.25) is 0 Å². The fourth-order valence-electron chi connectivity index (χ4n) is 3.23. The van der Waals surface area contributed by atoms with Gasteiger partial charge in [0.1, 0.15) is 0 Å². The van der Waals surface area contributed by atoms with Crippen LogP contribution < -0.4 is 5.32 Å². The minimum Gasteiger partial charge on any atom is -0.353 e. The number of sulfone groups is 1. The Labute approximate surface area is 203 Å². The summed E-state index contributed by atoms with van der Waals surface area (Å²) in [5.74, 6) is -0.383. The van der Waals surface area contributed by atoms with Gasteiger partial charge in [-0.3, -0.25) is 10.2 Å². The van der Waals surface area contributed by atoms with Gasteiger partial charge in [-0.05, 0) is 54.0 Å². The molecule has 0 spiro atoms. The number of hydrogen-bond acceptors (Lipinski definition) is 5. The Kier molecular flexibility index (Phi) is 7.42. The summed E-state index contributed by atoms with van der Waals surface area (Å²) in [6, 6.07) is 17.4. The molecule has 3 aromatic rings. The number of nitrogens with one attached hydrogen (secondary N) is 2. The fourth-order valence-corrected chi connectivity index (χ4v) is 4.39. The van der Waals surface area contributed by atoms with Crippen LogP contribution in [0.2, 0.25) is 10.0 Å². The summed E-state index contributed by atoms with van der Waals surface area (Å²) < 4.78 is 23.9. The van der Waals surface area contributed by atoms with Crippen molar-refractivity contribution in [3.8, 4) is 11.1 Å². The molecular weight excluding hydrogens is 479 g/mol. The number of aryl methyl sites for hydroxylation is 1. The molecule has 0 fully saturated rings. The van der Waals surface area contributed by atoms with Crippen LogP contribution in [0.1, 0.15) is 18.1 Å². The highest BCUT2D eigenvalue weighted by molar-refractivity contribution is 7.90. The number of Topliss-reactive ketones (excluding diaryl/α,β-unsaturated/α-hetero) is 1. The first-order valence-electron chi connectivity index (χ1n) is 9.91. The summed E-state index contributed by atoms with van der Waals surface area (Å²) in [6.45, 7) is 3.21. The molecule has 0 saturated heterocycles. The van der Waals surface area contributed by atoms with Crippen molar-refractivity contribution in [1.29, 1.82) is 5.41 Å². The molecular formula is C25H22Cl2N2O3S. The topological polar surface area (TPSA) is 87.1 Å². The largest absolute Gasteiger partial charge is 0.353 e. The van der Waals surface area contributed by atoms with E-state index in [-0.39, 0.29) is 16.4 Å². The molecule has 0 radical (unpaired) electrons. The van der Waals surface area contributed by atoms with Gasteiger partial charge < -0.3 is 5.32 Å². The van der Waals surface area contributed by atoms with E-state index in [1.165, 1.54) is 19.3 Å². The standard InChI is InChI=1S/C25H22Cl2N2O3S/c1-15-12-18(17-6-4-7-19(13-17)33(3,31)32)10-11-20(15)24(14-23(28)16(2)30)29-25-21(26)8-5-9-22(25)27/h4-14,28-29H,1-3H3/b24-14-,28-23?. The number of hydrogen-bond donors (Lipinski definition) is 2. The summed E-state index contributed by atoms with van der Waals surface area (Å²) in [4.78, 5) is 12.0. The van der Waals surface area contributed by atoms with Gasteiger partial charge in [0, 0.05) is 24.4 Å². The SMILES string of the molecule is CC(=O)C(=N)/C=C(\Nc1c(Cl)cccc1Cl)c1ccc(-c2cccc(S(C)(=O)=O)c2)cc1C. The Hall–Kier alpha value is -2.93. The van der Waals surface area contributed by atoms with Gasteiger partial charge in [0.05, 0.1) is 26.3 Å². The van der Waals surface area contributed by atoms with E-state index in [9.17, 15) is 13.2 Å². The molecule has 0 aliphatic rings. The molecule has 0 aromatic heterocycles. The summed E-state index contributed by atoms with van der Waals surface area (Å²) in [7, 11) is -3.33. The lowest BCUT2D eigenvalue weighted by atomic mass is 9.97. The molecule has 0 unspecified atom stereocenters. The lowest BCUT2D eigenvalue weighted by Crippen LogP contribution is -2.10. The van der Waals surface area contributed by atoms with Gasteiger partial charge >= 0.3 is 0 Å². The van der Waals surface area contributed by atoms with Crippen LogP contribution in [-0.4, -0.2) is 26.2 Å². The minimum absolute atomic E-state index is 0.176. The van der Waals surface area contributed by atoms with Crippen LogP contribution in [0.3, 0.4) is 0 Å². The quantitative estimate of drug-likeness (QED) is 0.365. The highest BCUT2D eigenvalue weighted by Gasteiger charge is 2.14. The zero-order chi connectivity index (χ0) is 24.3. The Morgan fingerprint density at radius 3 is 2.15 bits per heavy atom. The number of anilines is 1. The van der Waals surface area contributed by atoms with Gasteiger partial charge in [-0.1, -0.05) is 59.6 Å². The van der Waals surface area contributed by atoms with Crippen molar-refractivity contribution >= 4 is 55.9 Å². The summed E-state index contributed by atoms with van der Waals surface area (Å²) in [6.07, 6.45) is 2.61. The van der Waals surface area contributed by atoms with Crippen molar-refractivity contribution in [3.05, 3.63) is 87.9 Å². The highest BCUT2D eigenvalue weighted by atomic mass is 35.5. The van der Waals surface area contributed by atoms with E-state index in [1.807, 2.05) is 31.2 Å². The third kappa shape index (κ3) is 5.90. The normalized spacial score (nSPS) is 11.8. The van der Waals surface area contributed by atoms with Crippen LogP contribution in [0.5, 0.6) is 0 Å². The number of carbonyl (C=O) groups excluding carboxylic acids is 1. The number of halogens is 2. The number of ketones is 1. The third-order valence-electron chi connectivity index (χ3n) is 5.00. The summed E-state index contributed by atoms with van der Waals surface area (Å²) in [5, 5.41) is 12.0. The molecule has 0 saturated carbocycles. The monoisotopic (exact) mass is 500 g/mol. The second-order valence-electron chi connectivity index (χ2n) is 7.58. The molecule has 2 N–H and O–H groups in total. The number of para-hydroxylation sites is 1. The van der Waals surface area contributed by atoms with Gasteiger partial charge in [0.15, 0.2) is 15.6 Å². The smallest absolute Gasteiger partial charge is 0.177 e. The molecule has 3 aromatic carbocycles. The predicted octanol–water partition coefficient (Wildman–Crippen LogP) is 6.43. The van der Waals surface area contributed by atoms with Crippen molar-refractivity contribution in [1.82, 2.24) is 0 Å².